The highest BCUT2D eigenvalue weighted by atomic mass is 19.1. The van der Waals surface area contributed by atoms with E-state index >= 15 is 0 Å². The molecule has 1 nitrogen and oxygen atoms in total. The standard InChI is InChI=1S/C14H10F2O/c1-9-7-11(5-6-13(9)16)14(17)10-3-2-4-12(15)8-10/h2-8H,1H3. The molecular formula is C14H10F2O. The predicted molar refractivity (Wildman–Crippen MR) is 61.0 cm³/mol. The Labute approximate surface area is 97.7 Å². The molecule has 0 aliphatic carbocycles. The van der Waals surface area contributed by atoms with Crippen molar-refractivity contribution in [1.82, 2.24) is 0 Å². The molecule has 0 spiro atoms. The second-order valence-corrected chi connectivity index (χ2v) is 3.80. The Morgan fingerprint density at radius 1 is 1.00 bits per heavy atom. The van der Waals surface area contributed by atoms with E-state index in [9.17, 15) is 13.6 Å². The van der Waals surface area contributed by atoms with Gasteiger partial charge in [-0.3, -0.25) is 4.79 Å². The number of rotatable bonds is 2. The zero-order valence-electron chi connectivity index (χ0n) is 9.21. The van der Waals surface area contributed by atoms with E-state index in [0.29, 0.717) is 11.1 Å². The van der Waals surface area contributed by atoms with Crippen LogP contribution in [0.5, 0.6) is 0 Å². The zero-order valence-corrected chi connectivity index (χ0v) is 9.21. The first-order valence-corrected chi connectivity index (χ1v) is 5.14. The fourth-order valence-electron chi connectivity index (χ4n) is 1.58. The molecule has 0 bridgehead atoms. The highest BCUT2D eigenvalue weighted by Crippen LogP contribution is 2.14. The maximum absolute atomic E-state index is 13.1. The van der Waals surface area contributed by atoms with Crippen molar-refractivity contribution in [1.29, 1.82) is 0 Å². The molecule has 86 valence electrons. The van der Waals surface area contributed by atoms with Crippen LogP contribution in [0.4, 0.5) is 8.78 Å². The van der Waals surface area contributed by atoms with Crippen LogP contribution in [-0.2, 0) is 0 Å². The van der Waals surface area contributed by atoms with Crippen molar-refractivity contribution in [3.8, 4) is 0 Å². The monoisotopic (exact) mass is 232 g/mol. The number of benzene rings is 2. The number of halogens is 2. The first-order chi connectivity index (χ1) is 8.08. The van der Waals surface area contributed by atoms with E-state index in [-0.39, 0.29) is 17.2 Å². The van der Waals surface area contributed by atoms with E-state index in [1.807, 2.05) is 0 Å². The van der Waals surface area contributed by atoms with Gasteiger partial charge in [0.2, 0.25) is 0 Å². The van der Waals surface area contributed by atoms with Crippen molar-refractivity contribution in [2.75, 3.05) is 0 Å². The summed E-state index contributed by atoms with van der Waals surface area (Å²) in [6.07, 6.45) is 0. The Kier molecular flexibility index (Phi) is 3.00. The van der Waals surface area contributed by atoms with Gasteiger partial charge in [0.1, 0.15) is 11.6 Å². The molecule has 0 aliphatic heterocycles. The third-order valence-corrected chi connectivity index (χ3v) is 2.51. The molecule has 0 fully saturated rings. The number of hydrogen-bond acceptors (Lipinski definition) is 1. The summed E-state index contributed by atoms with van der Waals surface area (Å²) >= 11 is 0. The van der Waals surface area contributed by atoms with E-state index in [1.54, 1.807) is 6.92 Å². The molecule has 0 aromatic heterocycles. The van der Waals surface area contributed by atoms with Crippen molar-refractivity contribution in [3.05, 3.63) is 70.8 Å². The summed E-state index contributed by atoms with van der Waals surface area (Å²) in [5, 5.41) is 0. The summed E-state index contributed by atoms with van der Waals surface area (Å²) in [6, 6.07) is 9.54. The lowest BCUT2D eigenvalue weighted by molar-refractivity contribution is 0.103. The van der Waals surface area contributed by atoms with Gasteiger partial charge in [-0.25, -0.2) is 8.78 Å². The van der Waals surface area contributed by atoms with Crippen molar-refractivity contribution < 1.29 is 13.6 Å². The molecule has 0 saturated heterocycles. The summed E-state index contributed by atoms with van der Waals surface area (Å²) < 4.78 is 26.0. The first-order valence-electron chi connectivity index (χ1n) is 5.14. The van der Waals surface area contributed by atoms with Gasteiger partial charge in [-0.15, -0.1) is 0 Å². The van der Waals surface area contributed by atoms with Gasteiger partial charge in [0.05, 0.1) is 0 Å². The summed E-state index contributed by atoms with van der Waals surface area (Å²) in [5.41, 5.74) is 1.01. The number of ketones is 1. The second-order valence-electron chi connectivity index (χ2n) is 3.80. The molecular weight excluding hydrogens is 222 g/mol. The zero-order chi connectivity index (χ0) is 12.4. The Hall–Kier alpha value is -2.03. The Balaban J connectivity index is 2.40. The van der Waals surface area contributed by atoms with Crippen LogP contribution in [0.2, 0.25) is 0 Å². The van der Waals surface area contributed by atoms with Gasteiger partial charge < -0.3 is 0 Å². The highest BCUT2D eigenvalue weighted by molar-refractivity contribution is 6.09. The van der Waals surface area contributed by atoms with Gasteiger partial charge in [-0.1, -0.05) is 12.1 Å². The molecule has 2 aromatic carbocycles. The molecule has 0 atom stereocenters. The highest BCUT2D eigenvalue weighted by Gasteiger charge is 2.10. The number of hydrogen-bond donors (Lipinski definition) is 0. The maximum atomic E-state index is 13.1. The van der Waals surface area contributed by atoms with E-state index < -0.39 is 5.82 Å². The normalized spacial score (nSPS) is 10.3. The molecule has 0 N–H and O–H groups in total. The van der Waals surface area contributed by atoms with Crippen LogP contribution in [-0.4, -0.2) is 5.78 Å². The minimum atomic E-state index is -0.463. The molecule has 0 unspecified atom stereocenters. The maximum Gasteiger partial charge on any atom is 0.193 e. The molecule has 0 aliphatic rings. The Morgan fingerprint density at radius 3 is 2.35 bits per heavy atom. The largest absolute Gasteiger partial charge is 0.289 e. The van der Waals surface area contributed by atoms with Gasteiger partial charge in [0, 0.05) is 11.1 Å². The van der Waals surface area contributed by atoms with Gasteiger partial charge >= 0.3 is 0 Å². The third kappa shape index (κ3) is 2.38. The third-order valence-electron chi connectivity index (χ3n) is 2.51. The first kappa shape index (κ1) is 11.5. The van der Waals surface area contributed by atoms with Crippen LogP contribution in [0, 0.1) is 18.6 Å². The molecule has 17 heavy (non-hydrogen) atoms. The Morgan fingerprint density at radius 2 is 1.71 bits per heavy atom. The Bertz CT molecular complexity index is 576. The summed E-state index contributed by atoms with van der Waals surface area (Å²) in [4.78, 5) is 12.0. The molecule has 0 heterocycles. The van der Waals surface area contributed by atoms with Gasteiger partial charge in [0.15, 0.2) is 5.78 Å². The minimum absolute atomic E-state index is 0.260. The topological polar surface area (TPSA) is 17.1 Å². The van der Waals surface area contributed by atoms with E-state index in [1.165, 1.54) is 42.5 Å². The van der Waals surface area contributed by atoms with E-state index in [0.717, 1.165) is 0 Å². The smallest absolute Gasteiger partial charge is 0.193 e. The number of carbonyl (C=O) groups is 1. The molecule has 2 aromatic rings. The van der Waals surface area contributed by atoms with Gasteiger partial charge in [-0.05, 0) is 42.8 Å². The quantitative estimate of drug-likeness (QED) is 0.724. The van der Waals surface area contributed by atoms with Crippen LogP contribution in [0.15, 0.2) is 42.5 Å². The molecule has 3 heteroatoms. The van der Waals surface area contributed by atoms with Crippen LogP contribution in [0.25, 0.3) is 0 Å². The second kappa shape index (κ2) is 4.45. The lowest BCUT2D eigenvalue weighted by Crippen LogP contribution is -2.02. The molecule has 0 saturated carbocycles. The van der Waals surface area contributed by atoms with Crippen LogP contribution in [0.1, 0.15) is 21.5 Å². The van der Waals surface area contributed by atoms with Crippen molar-refractivity contribution in [3.63, 3.8) is 0 Å². The summed E-state index contributed by atoms with van der Waals surface area (Å²) in [5.74, 6) is -1.14. The van der Waals surface area contributed by atoms with E-state index in [4.69, 9.17) is 0 Å². The average Bonchev–Trinajstić information content (AvgIpc) is 2.32. The molecule has 0 amide bonds. The van der Waals surface area contributed by atoms with Crippen molar-refractivity contribution in [2.45, 2.75) is 6.92 Å². The average molecular weight is 232 g/mol. The number of carbonyl (C=O) groups excluding carboxylic acids is 1. The van der Waals surface area contributed by atoms with Crippen molar-refractivity contribution in [2.24, 2.45) is 0 Å². The molecule has 0 radical (unpaired) electrons. The SMILES string of the molecule is Cc1cc(C(=O)c2cccc(F)c2)ccc1F. The minimum Gasteiger partial charge on any atom is -0.289 e. The fourth-order valence-corrected chi connectivity index (χ4v) is 1.58. The van der Waals surface area contributed by atoms with E-state index in [2.05, 4.69) is 0 Å². The summed E-state index contributed by atoms with van der Waals surface area (Å²) in [6.45, 7) is 1.58. The number of aryl methyl sites for hydroxylation is 1. The summed E-state index contributed by atoms with van der Waals surface area (Å²) in [7, 11) is 0. The van der Waals surface area contributed by atoms with Crippen LogP contribution >= 0.6 is 0 Å². The predicted octanol–water partition coefficient (Wildman–Crippen LogP) is 3.50. The lowest BCUT2D eigenvalue weighted by Gasteiger charge is -2.03. The van der Waals surface area contributed by atoms with Crippen LogP contribution in [0.3, 0.4) is 0 Å². The fraction of sp³-hybridized carbons (Fsp3) is 0.0714. The van der Waals surface area contributed by atoms with Crippen molar-refractivity contribution >= 4 is 5.78 Å². The van der Waals surface area contributed by atoms with Crippen LogP contribution < -0.4 is 0 Å². The molecule has 2 rings (SSSR count). The van der Waals surface area contributed by atoms with Gasteiger partial charge in [-0.2, -0.15) is 0 Å². The lowest BCUT2D eigenvalue weighted by atomic mass is 10.0. The van der Waals surface area contributed by atoms with Gasteiger partial charge in [0.25, 0.3) is 0 Å².